The second-order valence-corrected chi connectivity index (χ2v) is 2.79. The van der Waals surface area contributed by atoms with Gasteiger partial charge < -0.3 is 15.0 Å². The van der Waals surface area contributed by atoms with E-state index in [1.54, 1.807) is 6.07 Å². The quantitative estimate of drug-likeness (QED) is 0.769. The molecule has 80 valence electrons. The Balaban J connectivity index is 0.00000169. The van der Waals surface area contributed by atoms with E-state index in [0.29, 0.717) is 12.1 Å². The average molecular weight is 219 g/mol. The summed E-state index contributed by atoms with van der Waals surface area (Å²) in [5.41, 5.74) is 6.92. The van der Waals surface area contributed by atoms with Gasteiger partial charge in [-0.25, -0.2) is 4.79 Å². The lowest BCUT2D eigenvalue weighted by atomic mass is 10.2. The maximum Gasteiger partial charge on any atom is 0.339 e. The third-order valence-electron chi connectivity index (χ3n) is 2.02. The molecule has 0 spiro atoms. The van der Waals surface area contributed by atoms with Gasteiger partial charge in [0.05, 0.1) is 12.7 Å². The first kappa shape index (κ1) is 13.0. The van der Waals surface area contributed by atoms with Gasteiger partial charge in [-0.1, -0.05) is 0 Å². The van der Waals surface area contributed by atoms with Gasteiger partial charge in [0, 0.05) is 25.0 Å². The van der Waals surface area contributed by atoms with E-state index in [0.717, 1.165) is 12.2 Å². The van der Waals surface area contributed by atoms with Crippen molar-refractivity contribution in [3.63, 3.8) is 0 Å². The molecule has 0 aliphatic rings. The zero-order valence-electron chi connectivity index (χ0n) is 8.32. The van der Waals surface area contributed by atoms with Crippen molar-refractivity contribution in [2.45, 2.75) is 13.5 Å². The van der Waals surface area contributed by atoms with Crippen LogP contribution in [0.5, 0.6) is 0 Å². The zero-order valence-corrected chi connectivity index (χ0v) is 9.13. The maximum absolute atomic E-state index is 11.2. The highest BCUT2D eigenvalue weighted by Gasteiger charge is 2.11. The lowest BCUT2D eigenvalue weighted by Gasteiger charge is -2.04. The highest BCUT2D eigenvalue weighted by Crippen LogP contribution is 2.10. The van der Waals surface area contributed by atoms with Crippen molar-refractivity contribution in [3.05, 3.63) is 23.5 Å². The number of aromatic nitrogens is 1. The van der Waals surface area contributed by atoms with Crippen molar-refractivity contribution >= 4 is 18.4 Å². The normalized spacial score (nSPS) is 9.36. The number of halogens is 1. The summed E-state index contributed by atoms with van der Waals surface area (Å²) < 4.78 is 6.56. The molecule has 0 aromatic carbocycles. The molecule has 1 heterocycles. The van der Waals surface area contributed by atoms with Crippen molar-refractivity contribution < 1.29 is 9.53 Å². The van der Waals surface area contributed by atoms with E-state index < -0.39 is 0 Å². The summed E-state index contributed by atoms with van der Waals surface area (Å²) >= 11 is 0. The average Bonchev–Trinajstić information content (AvgIpc) is 2.48. The fraction of sp³-hybridized carbons (Fsp3) is 0.444. The van der Waals surface area contributed by atoms with Crippen molar-refractivity contribution in [3.8, 4) is 0 Å². The molecule has 1 aromatic rings. The van der Waals surface area contributed by atoms with Gasteiger partial charge >= 0.3 is 5.97 Å². The Morgan fingerprint density at radius 2 is 2.29 bits per heavy atom. The summed E-state index contributed by atoms with van der Waals surface area (Å²) in [5.74, 6) is -0.298. The van der Waals surface area contributed by atoms with Crippen molar-refractivity contribution in [2.24, 2.45) is 5.73 Å². The van der Waals surface area contributed by atoms with Crippen LogP contribution < -0.4 is 5.73 Å². The standard InChI is InChI=1S/C9H14N2O2.ClH/c1-7-8(9(12)13-2)3-5-11(7)6-4-10;/h3,5H,4,6,10H2,1-2H3;1H. The van der Waals surface area contributed by atoms with Crippen LogP contribution >= 0.6 is 12.4 Å². The van der Waals surface area contributed by atoms with Gasteiger partial charge in [0.1, 0.15) is 0 Å². The van der Waals surface area contributed by atoms with Crippen molar-refractivity contribution in [2.75, 3.05) is 13.7 Å². The molecule has 0 aliphatic carbocycles. The third kappa shape index (κ3) is 2.49. The van der Waals surface area contributed by atoms with Gasteiger partial charge in [-0.3, -0.25) is 0 Å². The molecular weight excluding hydrogens is 204 g/mol. The Morgan fingerprint density at radius 1 is 1.64 bits per heavy atom. The minimum atomic E-state index is -0.298. The SMILES string of the molecule is COC(=O)c1ccn(CCN)c1C.Cl. The molecule has 0 bridgehead atoms. The molecule has 0 radical (unpaired) electrons. The number of carbonyl (C=O) groups is 1. The molecule has 0 unspecified atom stereocenters. The number of esters is 1. The first-order chi connectivity index (χ1) is 6.20. The number of ether oxygens (including phenoxy) is 1. The first-order valence-electron chi connectivity index (χ1n) is 4.14. The highest BCUT2D eigenvalue weighted by atomic mass is 35.5. The molecule has 0 amide bonds. The molecule has 1 aromatic heterocycles. The number of nitrogens with zero attached hydrogens (tertiary/aromatic N) is 1. The predicted molar refractivity (Wildman–Crippen MR) is 56.8 cm³/mol. The zero-order chi connectivity index (χ0) is 9.84. The second-order valence-electron chi connectivity index (χ2n) is 2.79. The number of carbonyl (C=O) groups excluding carboxylic acids is 1. The molecule has 1 rings (SSSR count). The van der Waals surface area contributed by atoms with Crippen molar-refractivity contribution in [1.82, 2.24) is 4.57 Å². The maximum atomic E-state index is 11.2. The van der Waals surface area contributed by atoms with Gasteiger partial charge in [0.15, 0.2) is 0 Å². The van der Waals surface area contributed by atoms with Crippen LogP contribution in [-0.4, -0.2) is 24.2 Å². The smallest absolute Gasteiger partial charge is 0.339 e. The summed E-state index contributed by atoms with van der Waals surface area (Å²) in [5, 5.41) is 0. The Hall–Kier alpha value is -1.00. The molecule has 4 nitrogen and oxygen atoms in total. The molecule has 2 N–H and O–H groups in total. The molecule has 0 saturated carbocycles. The molecule has 5 heteroatoms. The van der Waals surface area contributed by atoms with Crippen LogP contribution in [0.15, 0.2) is 12.3 Å². The number of hydrogen-bond donors (Lipinski definition) is 1. The van der Waals surface area contributed by atoms with Crippen LogP contribution in [-0.2, 0) is 11.3 Å². The molecule has 14 heavy (non-hydrogen) atoms. The van der Waals surface area contributed by atoms with Gasteiger partial charge in [0.2, 0.25) is 0 Å². The van der Waals surface area contributed by atoms with Crippen LogP contribution in [0.3, 0.4) is 0 Å². The number of hydrogen-bond acceptors (Lipinski definition) is 3. The van der Waals surface area contributed by atoms with E-state index in [9.17, 15) is 4.79 Å². The third-order valence-corrected chi connectivity index (χ3v) is 2.02. The Morgan fingerprint density at radius 3 is 2.79 bits per heavy atom. The topological polar surface area (TPSA) is 57.2 Å². The van der Waals surface area contributed by atoms with Crippen molar-refractivity contribution in [1.29, 1.82) is 0 Å². The summed E-state index contributed by atoms with van der Waals surface area (Å²) in [6.45, 7) is 3.17. The number of nitrogens with two attached hydrogens (primary N) is 1. The van der Waals surface area contributed by atoms with Crippen LogP contribution in [0.2, 0.25) is 0 Å². The summed E-state index contributed by atoms with van der Waals surface area (Å²) in [7, 11) is 1.38. The number of methoxy groups -OCH3 is 1. The Kier molecular flexibility index (Phi) is 5.27. The van der Waals surface area contributed by atoms with Crippen LogP contribution in [0.1, 0.15) is 16.1 Å². The Labute approximate surface area is 89.4 Å². The minimum absolute atomic E-state index is 0. The lowest BCUT2D eigenvalue weighted by molar-refractivity contribution is 0.0600. The first-order valence-corrected chi connectivity index (χ1v) is 4.14. The molecule has 0 aliphatic heterocycles. The van der Waals surface area contributed by atoms with E-state index in [4.69, 9.17) is 5.73 Å². The molecule has 0 saturated heterocycles. The van der Waals surface area contributed by atoms with Gasteiger partial charge in [-0.2, -0.15) is 0 Å². The molecular formula is C9H15ClN2O2. The van der Waals surface area contributed by atoms with Gasteiger partial charge in [-0.05, 0) is 13.0 Å². The van der Waals surface area contributed by atoms with E-state index in [-0.39, 0.29) is 18.4 Å². The lowest BCUT2D eigenvalue weighted by Crippen LogP contribution is -2.11. The predicted octanol–water partition coefficient (Wildman–Crippen LogP) is 0.964. The van der Waals surface area contributed by atoms with Crippen LogP contribution in [0.25, 0.3) is 0 Å². The summed E-state index contributed by atoms with van der Waals surface area (Å²) in [6.07, 6.45) is 1.84. The van der Waals surface area contributed by atoms with E-state index >= 15 is 0 Å². The second kappa shape index (κ2) is 5.67. The Bertz CT molecular complexity index is 310. The van der Waals surface area contributed by atoms with Gasteiger partial charge in [0.25, 0.3) is 0 Å². The van der Waals surface area contributed by atoms with E-state index in [1.165, 1.54) is 7.11 Å². The fourth-order valence-electron chi connectivity index (χ4n) is 1.26. The van der Waals surface area contributed by atoms with Crippen LogP contribution in [0.4, 0.5) is 0 Å². The summed E-state index contributed by atoms with van der Waals surface area (Å²) in [4.78, 5) is 11.2. The van der Waals surface area contributed by atoms with Crippen LogP contribution in [0, 0.1) is 6.92 Å². The minimum Gasteiger partial charge on any atom is -0.465 e. The molecule has 0 fully saturated rings. The summed E-state index contributed by atoms with van der Waals surface area (Å²) in [6, 6.07) is 1.75. The van der Waals surface area contributed by atoms with E-state index in [1.807, 2.05) is 17.7 Å². The number of rotatable bonds is 3. The van der Waals surface area contributed by atoms with Gasteiger partial charge in [-0.15, -0.1) is 12.4 Å². The highest BCUT2D eigenvalue weighted by molar-refractivity contribution is 5.90. The molecule has 0 atom stereocenters. The van der Waals surface area contributed by atoms with E-state index in [2.05, 4.69) is 4.74 Å². The largest absolute Gasteiger partial charge is 0.465 e. The fourth-order valence-corrected chi connectivity index (χ4v) is 1.26. The monoisotopic (exact) mass is 218 g/mol.